The molecule has 1 N–H and O–H groups in total. The number of carbonyl (C=O) groups excluding carboxylic acids is 1. The van der Waals surface area contributed by atoms with E-state index in [1.54, 1.807) is 0 Å². The van der Waals surface area contributed by atoms with Crippen molar-refractivity contribution in [2.75, 3.05) is 6.61 Å². The summed E-state index contributed by atoms with van der Waals surface area (Å²) in [5, 5.41) is 11.2. The molecule has 5 unspecified atom stereocenters. The smallest absolute Gasteiger partial charge is 0.302 e. The minimum atomic E-state index is -0.388. The van der Waals surface area contributed by atoms with E-state index >= 15 is 0 Å². The molecule has 5 aliphatic carbocycles. The van der Waals surface area contributed by atoms with Crippen LogP contribution >= 0.6 is 0 Å². The Hall–Kier alpha value is -0.830. The van der Waals surface area contributed by atoms with Crippen LogP contribution in [0.5, 0.6) is 0 Å². The van der Waals surface area contributed by atoms with Crippen molar-refractivity contribution in [2.45, 2.75) is 119 Å². The van der Waals surface area contributed by atoms with Gasteiger partial charge in [0, 0.05) is 12.3 Å². The van der Waals surface area contributed by atoms with E-state index in [-0.39, 0.29) is 22.9 Å². The van der Waals surface area contributed by atoms with Crippen molar-refractivity contribution >= 4 is 5.97 Å². The van der Waals surface area contributed by atoms with E-state index in [0.717, 1.165) is 31.1 Å². The molecule has 0 heterocycles. The van der Waals surface area contributed by atoms with E-state index in [1.165, 1.54) is 57.4 Å². The van der Waals surface area contributed by atoms with Gasteiger partial charge >= 0.3 is 5.97 Å². The Bertz CT molecular complexity index is 895. The van der Waals surface area contributed by atoms with Gasteiger partial charge in [-0.05, 0) is 122 Å². The summed E-state index contributed by atoms with van der Waals surface area (Å²) in [5.41, 5.74) is 2.46. The Kier molecular flexibility index (Phi) is 5.96. The molecule has 11 atom stereocenters. The first-order chi connectivity index (χ1) is 16.2. The fourth-order valence-electron chi connectivity index (χ4n) is 11.8. The predicted molar refractivity (Wildman–Crippen MR) is 142 cm³/mol. The summed E-state index contributed by atoms with van der Waals surface area (Å²) >= 11 is 0. The molecule has 198 valence electrons. The lowest BCUT2D eigenvalue weighted by atomic mass is 9.32. The van der Waals surface area contributed by atoms with Crippen molar-refractivity contribution in [3.63, 3.8) is 0 Å². The molecule has 0 saturated heterocycles. The van der Waals surface area contributed by atoms with Crippen LogP contribution in [0.25, 0.3) is 0 Å². The van der Waals surface area contributed by atoms with Crippen molar-refractivity contribution in [3.8, 4) is 0 Å². The molecule has 5 saturated carbocycles. The van der Waals surface area contributed by atoms with Crippen LogP contribution in [-0.4, -0.2) is 23.8 Å². The Morgan fingerprint density at radius 2 is 1.57 bits per heavy atom. The van der Waals surface area contributed by atoms with E-state index in [4.69, 9.17) is 4.74 Å². The van der Waals surface area contributed by atoms with E-state index in [1.807, 2.05) is 0 Å². The maximum atomic E-state index is 11.7. The number of rotatable bonds is 3. The van der Waals surface area contributed by atoms with E-state index in [9.17, 15) is 9.90 Å². The average Bonchev–Trinajstić information content (AvgIpc) is 3.14. The number of ether oxygens (including phenoxy) is 1. The Balaban J connectivity index is 1.51. The zero-order valence-electron chi connectivity index (χ0n) is 23.7. The molecule has 5 aliphatic rings. The van der Waals surface area contributed by atoms with Crippen molar-refractivity contribution in [2.24, 2.45) is 56.7 Å². The maximum absolute atomic E-state index is 11.7. The quantitative estimate of drug-likeness (QED) is 0.332. The number of hydrogen-bond donors (Lipinski definition) is 1. The van der Waals surface area contributed by atoms with E-state index in [2.05, 4.69) is 48.1 Å². The number of aliphatic hydroxyl groups is 1. The molecule has 5 fully saturated rings. The summed E-state index contributed by atoms with van der Waals surface area (Å²) in [6, 6.07) is 0. The Morgan fingerprint density at radius 3 is 2.23 bits per heavy atom. The SMILES string of the molecule is C=C(C)C1CC[C@]2(C)CC[C@]3(C)C(CCC4[C@@]5(C)CC[C@H](O)[C@@](C)(COC(C)=O)C5CC[C@]43C)C12. The van der Waals surface area contributed by atoms with Crippen molar-refractivity contribution in [1.82, 2.24) is 0 Å². The highest BCUT2D eigenvalue weighted by molar-refractivity contribution is 5.65. The largest absolute Gasteiger partial charge is 0.465 e. The molecule has 0 aromatic rings. The van der Waals surface area contributed by atoms with Gasteiger partial charge in [0.2, 0.25) is 0 Å². The number of hydrogen-bond acceptors (Lipinski definition) is 3. The van der Waals surface area contributed by atoms with Crippen LogP contribution in [0.1, 0.15) is 113 Å². The number of carbonyl (C=O) groups is 1. The van der Waals surface area contributed by atoms with Crippen LogP contribution in [0.4, 0.5) is 0 Å². The number of esters is 1. The van der Waals surface area contributed by atoms with Gasteiger partial charge < -0.3 is 9.84 Å². The number of aliphatic hydroxyl groups excluding tert-OH is 1. The van der Waals surface area contributed by atoms with Crippen LogP contribution in [0.3, 0.4) is 0 Å². The second-order valence-corrected chi connectivity index (χ2v) is 15.2. The first-order valence-corrected chi connectivity index (χ1v) is 14.7. The summed E-state index contributed by atoms with van der Waals surface area (Å²) in [4.78, 5) is 11.7. The lowest BCUT2D eigenvalue weighted by Gasteiger charge is -2.73. The third-order valence-electron chi connectivity index (χ3n) is 13.8. The molecule has 0 spiro atoms. The summed E-state index contributed by atoms with van der Waals surface area (Å²) in [6.07, 6.45) is 12.1. The first-order valence-electron chi connectivity index (χ1n) is 14.7. The van der Waals surface area contributed by atoms with Gasteiger partial charge in [0.15, 0.2) is 0 Å². The van der Waals surface area contributed by atoms with Gasteiger partial charge in [-0.3, -0.25) is 4.79 Å². The molecule has 0 bridgehead atoms. The topological polar surface area (TPSA) is 46.5 Å². The molecule has 0 amide bonds. The monoisotopic (exact) mass is 484 g/mol. The van der Waals surface area contributed by atoms with Crippen LogP contribution in [0.2, 0.25) is 0 Å². The highest BCUT2D eigenvalue weighted by atomic mass is 16.5. The summed E-state index contributed by atoms with van der Waals surface area (Å²) in [5.74, 6) is 3.15. The highest BCUT2D eigenvalue weighted by Gasteiger charge is 2.70. The van der Waals surface area contributed by atoms with Gasteiger partial charge in [-0.1, -0.05) is 46.8 Å². The van der Waals surface area contributed by atoms with E-state index < -0.39 is 0 Å². The molecule has 0 aliphatic heterocycles. The average molecular weight is 485 g/mol. The molecule has 3 heteroatoms. The number of allylic oxidation sites excluding steroid dienone is 1. The summed E-state index contributed by atoms with van der Waals surface area (Å²) < 4.78 is 5.60. The zero-order chi connectivity index (χ0) is 25.6. The normalized spacial score (nSPS) is 55.2. The summed E-state index contributed by atoms with van der Waals surface area (Å²) in [7, 11) is 0. The minimum Gasteiger partial charge on any atom is -0.465 e. The fraction of sp³-hybridized carbons (Fsp3) is 0.906. The highest BCUT2D eigenvalue weighted by Crippen LogP contribution is 2.77. The molecular weight excluding hydrogens is 432 g/mol. The third-order valence-corrected chi connectivity index (χ3v) is 13.8. The van der Waals surface area contributed by atoms with Crippen molar-refractivity contribution in [3.05, 3.63) is 12.2 Å². The van der Waals surface area contributed by atoms with Crippen LogP contribution in [0.15, 0.2) is 12.2 Å². The second kappa shape index (κ2) is 8.08. The summed E-state index contributed by atoms with van der Waals surface area (Å²) in [6.45, 7) is 21.4. The van der Waals surface area contributed by atoms with Gasteiger partial charge in [-0.15, -0.1) is 0 Å². The maximum Gasteiger partial charge on any atom is 0.302 e. The van der Waals surface area contributed by atoms with Crippen molar-refractivity contribution < 1.29 is 14.6 Å². The molecule has 0 radical (unpaired) electrons. The molecular formula is C32H52O3. The zero-order valence-corrected chi connectivity index (χ0v) is 23.7. The Morgan fingerprint density at radius 1 is 0.857 bits per heavy atom. The van der Waals surface area contributed by atoms with Gasteiger partial charge in [-0.2, -0.15) is 0 Å². The fourth-order valence-corrected chi connectivity index (χ4v) is 11.8. The molecule has 5 rings (SSSR count). The van der Waals surface area contributed by atoms with Crippen LogP contribution in [0, 0.1) is 56.7 Å². The van der Waals surface area contributed by atoms with Gasteiger partial charge in [-0.25, -0.2) is 0 Å². The van der Waals surface area contributed by atoms with Gasteiger partial charge in [0.25, 0.3) is 0 Å². The molecule has 35 heavy (non-hydrogen) atoms. The second-order valence-electron chi connectivity index (χ2n) is 15.2. The van der Waals surface area contributed by atoms with Crippen molar-refractivity contribution in [1.29, 1.82) is 0 Å². The lowest BCUT2D eigenvalue weighted by molar-refractivity contribution is -0.254. The minimum absolute atomic E-state index is 0.194. The van der Waals surface area contributed by atoms with Crippen LogP contribution < -0.4 is 0 Å². The van der Waals surface area contributed by atoms with Gasteiger partial charge in [0.1, 0.15) is 0 Å². The molecule has 3 nitrogen and oxygen atoms in total. The van der Waals surface area contributed by atoms with E-state index in [0.29, 0.717) is 40.6 Å². The Labute approximate surface area is 214 Å². The number of fused-ring (bicyclic) bond motifs is 7. The first kappa shape index (κ1) is 25.8. The lowest BCUT2D eigenvalue weighted by Crippen LogP contribution is -2.67. The molecule has 0 aromatic heterocycles. The molecule has 0 aromatic carbocycles. The van der Waals surface area contributed by atoms with Crippen LogP contribution in [-0.2, 0) is 9.53 Å². The third kappa shape index (κ3) is 3.34. The predicted octanol–water partition coefficient (Wildman–Crippen LogP) is 7.57. The van der Waals surface area contributed by atoms with Gasteiger partial charge in [0.05, 0.1) is 12.7 Å². The standard InChI is InChI=1S/C32H52O3/c1-20(2)22-11-14-28(4)17-18-31(7)23(27(22)28)9-10-25-29(5)15-13-26(34)30(6,19-35-21(3)33)24(29)12-16-32(25,31)8/h22-27,34H,1,9-19H2,2-8H3/t22?,23?,24?,25?,26-,27?,28+,29-,30-,31+,32+/m0/s1.